The summed E-state index contributed by atoms with van der Waals surface area (Å²) in [6.07, 6.45) is 1.49. The fourth-order valence-electron chi connectivity index (χ4n) is 2.73. The Morgan fingerprint density at radius 1 is 1.09 bits per heavy atom. The number of anilines is 1. The zero-order chi connectivity index (χ0) is 25.5. The van der Waals surface area contributed by atoms with Gasteiger partial charge in [0, 0.05) is 24.7 Å². The van der Waals surface area contributed by atoms with Crippen LogP contribution in [0.2, 0.25) is 0 Å². The molecule has 0 fully saturated rings. The third-order valence-electron chi connectivity index (χ3n) is 4.19. The van der Waals surface area contributed by atoms with Gasteiger partial charge >= 0.3 is 12.1 Å². The van der Waals surface area contributed by atoms with Gasteiger partial charge in [-0.2, -0.15) is 26.3 Å². The average Bonchev–Trinajstić information content (AvgIpc) is 3.21. The molecular formula is C19H25F5N6O2S2. The van der Waals surface area contributed by atoms with Crippen molar-refractivity contribution >= 4 is 43.5 Å². The van der Waals surface area contributed by atoms with Crippen LogP contribution in [-0.4, -0.2) is 39.6 Å². The lowest BCUT2D eigenvalue weighted by molar-refractivity contribution is -0.0856. The topological polar surface area (TPSA) is 92.4 Å². The zero-order valence-electron chi connectivity index (χ0n) is 18.9. The molecule has 0 saturated heterocycles. The Morgan fingerprint density at radius 3 is 2.24 bits per heavy atom. The largest absolute Gasteiger partial charge is 0.504 e. The van der Waals surface area contributed by atoms with E-state index < -0.39 is 27.8 Å². The maximum Gasteiger partial charge on any atom is 0.504 e. The maximum atomic E-state index is 13.4. The van der Waals surface area contributed by atoms with Gasteiger partial charge in [-0.1, -0.05) is 39.0 Å². The van der Waals surface area contributed by atoms with Gasteiger partial charge in [0.2, 0.25) is 0 Å². The summed E-state index contributed by atoms with van der Waals surface area (Å²) in [5.74, 6) is 0.0809. The van der Waals surface area contributed by atoms with Crippen molar-refractivity contribution < 1.29 is 30.3 Å². The Kier molecular flexibility index (Phi) is 9.82. The quantitative estimate of drug-likeness (QED) is 0.223. The second kappa shape index (κ2) is 11.9. The highest BCUT2D eigenvalue weighted by molar-refractivity contribution is 7.90. The molecule has 1 aromatic heterocycles. The Morgan fingerprint density at radius 2 is 1.74 bits per heavy atom. The van der Waals surface area contributed by atoms with Gasteiger partial charge in [-0.15, -0.1) is 20.4 Å². The molecular weight excluding hydrogens is 503 g/mol. The van der Waals surface area contributed by atoms with E-state index in [2.05, 4.69) is 29.0 Å². The van der Waals surface area contributed by atoms with Crippen molar-refractivity contribution in [2.45, 2.75) is 58.6 Å². The number of azo groups is 1. The van der Waals surface area contributed by atoms with Crippen molar-refractivity contribution in [3.05, 3.63) is 23.2 Å². The fourth-order valence-corrected chi connectivity index (χ4v) is 4.25. The van der Waals surface area contributed by atoms with Crippen LogP contribution in [0.5, 0.6) is 0 Å². The first-order valence-corrected chi connectivity index (χ1v) is 12.6. The van der Waals surface area contributed by atoms with Crippen LogP contribution in [0.15, 0.2) is 32.8 Å². The summed E-state index contributed by atoms with van der Waals surface area (Å²) >= 11 is 1.13. The molecule has 0 radical (unpaired) electrons. The number of alkyl halides is 5. The zero-order valence-corrected chi connectivity index (χ0v) is 20.6. The smallest absolute Gasteiger partial charge is 0.371 e. The highest BCUT2D eigenvalue weighted by atomic mass is 32.2. The van der Waals surface area contributed by atoms with Gasteiger partial charge in [0.05, 0.1) is 0 Å². The van der Waals surface area contributed by atoms with E-state index in [0.717, 1.165) is 24.2 Å². The summed E-state index contributed by atoms with van der Waals surface area (Å²) in [6.45, 7) is 4.85. The number of nitrogens with zero attached hydrogens (tertiary/aromatic N) is 6. The first kappa shape index (κ1) is 28.0. The monoisotopic (exact) mass is 528 g/mol. The van der Waals surface area contributed by atoms with Crippen LogP contribution in [-0.2, 0) is 14.2 Å². The van der Waals surface area contributed by atoms with Crippen LogP contribution in [0.25, 0.3) is 0 Å². The molecule has 15 heteroatoms. The fraction of sp³-hybridized carbons (Fsp3) is 0.579. The van der Waals surface area contributed by atoms with Gasteiger partial charge in [0.15, 0.2) is 0 Å². The van der Waals surface area contributed by atoms with Gasteiger partial charge in [0.25, 0.3) is 15.1 Å². The van der Waals surface area contributed by atoms with Crippen LogP contribution in [0.3, 0.4) is 0 Å². The van der Waals surface area contributed by atoms with E-state index >= 15 is 0 Å². The molecule has 0 aliphatic heterocycles. The molecule has 1 atom stereocenters. The van der Waals surface area contributed by atoms with Gasteiger partial charge in [-0.25, -0.2) is 8.39 Å². The lowest BCUT2D eigenvalue weighted by Crippen LogP contribution is -2.27. The Balaban J connectivity index is 2.64. The van der Waals surface area contributed by atoms with E-state index in [1.165, 1.54) is 12.1 Å². The van der Waals surface area contributed by atoms with Gasteiger partial charge in [0.1, 0.15) is 16.4 Å². The van der Waals surface area contributed by atoms with Crippen LogP contribution < -0.4 is 4.90 Å². The number of hydrogen-bond acceptors (Lipinski definition) is 9. The van der Waals surface area contributed by atoms with E-state index in [9.17, 15) is 26.2 Å². The standard InChI is InChI=1S/C19H25F5N6O2S2/c1-5-9-30(10-6-2)13-7-8-14(25-27-18-28-26-16(33-18)12(3)4)15(11-13)29-34(31,19(22,23)24)32-17(20)21/h7-8,11-12,17H,5-6,9-10H2,1-4H3. The molecule has 34 heavy (non-hydrogen) atoms. The summed E-state index contributed by atoms with van der Waals surface area (Å²) in [6, 6.07) is 4.10. The molecule has 0 saturated carbocycles. The molecule has 0 bridgehead atoms. The van der Waals surface area contributed by atoms with Crippen molar-refractivity contribution in [3.8, 4) is 0 Å². The van der Waals surface area contributed by atoms with Crippen LogP contribution in [0.1, 0.15) is 51.5 Å². The predicted octanol–water partition coefficient (Wildman–Crippen LogP) is 7.48. The van der Waals surface area contributed by atoms with Crippen molar-refractivity contribution in [1.29, 1.82) is 0 Å². The van der Waals surface area contributed by atoms with Crippen molar-refractivity contribution in [2.75, 3.05) is 18.0 Å². The minimum absolute atomic E-state index is 0.0809. The summed E-state index contributed by atoms with van der Waals surface area (Å²) in [5.41, 5.74) is -6.01. The average molecular weight is 529 g/mol. The van der Waals surface area contributed by atoms with E-state index in [1.54, 1.807) is 6.07 Å². The van der Waals surface area contributed by atoms with E-state index in [-0.39, 0.29) is 16.7 Å². The molecule has 1 aromatic carbocycles. The van der Waals surface area contributed by atoms with Crippen molar-refractivity contribution in [3.63, 3.8) is 0 Å². The molecule has 2 rings (SSSR count). The summed E-state index contributed by atoms with van der Waals surface area (Å²) < 4.78 is 84.4. The molecule has 2 aromatic rings. The first-order valence-electron chi connectivity index (χ1n) is 10.3. The number of aromatic nitrogens is 2. The van der Waals surface area contributed by atoms with Crippen molar-refractivity contribution in [2.24, 2.45) is 14.6 Å². The van der Waals surface area contributed by atoms with Crippen LogP contribution in [0, 0.1) is 0 Å². The Bertz CT molecular complexity index is 1090. The van der Waals surface area contributed by atoms with Crippen molar-refractivity contribution in [1.82, 2.24) is 10.2 Å². The molecule has 0 amide bonds. The third-order valence-corrected chi connectivity index (χ3v) is 6.73. The predicted molar refractivity (Wildman–Crippen MR) is 121 cm³/mol. The summed E-state index contributed by atoms with van der Waals surface area (Å²) in [4.78, 5) is 1.88. The second-order valence-corrected chi connectivity index (χ2v) is 10.1. The molecule has 0 aliphatic rings. The molecule has 0 aliphatic carbocycles. The normalized spacial score (nSPS) is 14.2. The van der Waals surface area contributed by atoms with E-state index in [1.807, 2.05) is 32.6 Å². The lowest BCUT2D eigenvalue weighted by Gasteiger charge is -2.24. The maximum absolute atomic E-state index is 13.4. The molecule has 0 N–H and O–H groups in total. The Hall–Kier alpha value is -2.26. The highest BCUT2D eigenvalue weighted by Gasteiger charge is 2.47. The minimum Gasteiger partial charge on any atom is -0.371 e. The van der Waals surface area contributed by atoms with E-state index in [0.29, 0.717) is 23.8 Å². The molecule has 1 unspecified atom stereocenters. The van der Waals surface area contributed by atoms with E-state index in [4.69, 9.17) is 0 Å². The van der Waals surface area contributed by atoms with Gasteiger partial charge in [-0.3, -0.25) is 0 Å². The first-order chi connectivity index (χ1) is 15.9. The summed E-state index contributed by atoms with van der Waals surface area (Å²) in [7, 11) is -5.81. The number of hydrogen-bond donors (Lipinski definition) is 0. The Labute approximate surface area is 198 Å². The summed E-state index contributed by atoms with van der Waals surface area (Å²) in [5, 5.41) is 16.3. The molecule has 1 heterocycles. The van der Waals surface area contributed by atoms with Crippen LogP contribution >= 0.6 is 11.3 Å². The lowest BCUT2D eigenvalue weighted by atomic mass is 10.2. The van der Waals surface area contributed by atoms with Gasteiger partial charge < -0.3 is 4.90 Å². The highest BCUT2D eigenvalue weighted by Crippen LogP contribution is 2.39. The minimum atomic E-state index is -5.81. The third kappa shape index (κ3) is 7.37. The SMILES string of the molecule is CCCN(CCC)c1ccc(N=Nc2nnc(C(C)C)s2)c(N=S(=O)(OC(F)F)C(F)(F)F)c1. The molecule has 0 spiro atoms. The molecule has 190 valence electrons. The molecule has 8 nitrogen and oxygen atoms in total. The second-order valence-electron chi connectivity index (χ2n) is 7.31. The number of benzene rings is 1. The number of rotatable bonds is 11. The van der Waals surface area contributed by atoms with Gasteiger partial charge in [-0.05, 0) is 31.0 Å². The number of halogens is 5. The van der Waals surface area contributed by atoms with Crippen LogP contribution in [0.4, 0.5) is 44.1 Å².